The monoisotopic (exact) mass is 433 g/mol. The van der Waals surface area contributed by atoms with Crippen LogP contribution in [-0.2, 0) is 17.5 Å². The highest BCUT2D eigenvalue weighted by atomic mass is 19.4. The van der Waals surface area contributed by atoms with Gasteiger partial charge in [-0.25, -0.2) is 23.1 Å². The van der Waals surface area contributed by atoms with Crippen molar-refractivity contribution in [1.29, 1.82) is 0 Å². The number of rotatable bonds is 5. The molecule has 0 spiro atoms. The topological polar surface area (TPSA) is 79.8 Å². The van der Waals surface area contributed by atoms with Crippen molar-refractivity contribution >= 4 is 5.91 Å². The second kappa shape index (κ2) is 8.54. The van der Waals surface area contributed by atoms with Gasteiger partial charge >= 0.3 is 6.18 Å². The molecule has 3 unspecified atom stereocenters. The molecule has 2 aromatic heterocycles. The number of carbonyl (C=O) groups excluding carboxylic acids is 1. The molecule has 0 saturated carbocycles. The lowest BCUT2D eigenvalue weighted by atomic mass is 10.1. The minimum absolute atomic E-state index is 0.0195. The first-order chi connectivity index (χ1) is 14.1. The van der Waals surface area contributed by atoms with Gasteiger partial charge in [0.2, 0.25) is 11.7 Å². The molecule has 6 nitrogen and oxygen atoms in total. The number of pyridine rings is 1. The first-order valence-electron chi connectivity index (χ1n) is 8.90. The zero-order valence-corrected chi connectivity index (χ0v) is 15.6. The van der Waals surface area contributed by atoms with Crippen molar-refractivity contribution in [3.8, 4) is 11.3 Å². The Hall–Kier alpha value is -2.76. The van der Waals surface area contributed by atoms with Gasteiger partial charge in [0, 0.05) is 48.7 Å². The van der Waals surface area contributed by atoms with Gasteiger partial charge in [0.1, 0.15) is 6.17 Å². The van der Waals surface area contributed by atoms with E-state index in [0.29, 0.717) is 0 Å². The molecule has 0 aliphatic carbocycles. The number of aromatic nitrogens is 3. The van der Waals surface area contributed by atoms with E-state index in [4.69, 9.17) is 0 Å². The van der Waals surface area contributed by atoms with Crippen LogP contribution in [0.1, 0.15) is 36.7 Å². The molecule has 0 radical (unpaired) electrons. The molecule has 3 rings (SSSR count). The molecule has 1 fully saturated rings. The van der Waals surface area contributed by atoms with E-state index in [-0.39, 0.29) is 29.8 Å². The Morgan fingerprint density at radius 3 is 2.43 bits per heavy atom. The van der Waals surface area contributed by atoms with Crippen LogP contribution < -0.4 is 10.6 Å². The lowest BCUT2D eigenvalue weighted by Crippen LogP contribution is -2.42. The van der Waals surface area contributed by atoms with Gasteiger partial charge < -0.3 is 10.6 Å². The van der Waals surface area contributed by atoms with Gasteiger partial charge in [-0.1, -0.05) is 0 Å². The van der Waals surface area contributed by atoms with E-state index >= 15 is 0 Å². The predicted octanol–water partition coefficient (Wildman–Crippen LogP) is 3.20. The average Bonchev–Trinajstić information content (AvgIpc) is 3.04. The zero-order valence-electron chi connectivity index (χ0n) is 15.6. The van der Waals surface area contributed by atoms with Crippen LogP contribution in [0, 0.1) is 0 Å². The molecule has 1 amide bonds. The lowest BCUT2D eigenvalue weighted by Gasteiger charge is -2.15. The molecular weight excluding hydrogens is 416 g/mol. The molecule has 2 N–H and O–H groups in total. The molecule has 1 aliphatic heterocycles. The summed E-state index contributed by atoms with van der Waals surface area (Å²) in [4.78, 5) is 22.5. The van der Waals surface area contributed by atoms with Gasteiger partial charge in [-0.2, -0.15) is 13.2 Å². The van der Waals surface area contributed by atoms with Crippen LogP contribution in [0.5, 0.6) is 0 Å². The highest BCUT2D eigenvalue weighted by molar-refractivity contribution is 5.82. The van der Waals surface area contributed by atoms with E-state index in [9.17, 15) is 31.1 Å². The maximum atomic E-state index is 13.6. The molecule has 3 atom stereocenters. The van der Waals surface area contributed by atoms with Gasteiger partial charge in [-0.3, -0.25) is 9.78 Å². The van der Waals surface area contributed by atoms with E-state index in [1.165, 1.54) is 6.07 Å². The van der Waals surface area contributed by atoms with E-state index in [0.717, 1.165) is 18.6 Å². The Labute approximate surface area is 167 Å². The molecular formula is C18H17F6N5O. The molecule has 0 aromatic carbocycles. The van der Waals surface area contributed by atoms with Gasteiger partial charge in [-0.15, -0.1) is 0 Å². The Kier molecular flexibility index (Phi) is 6.25. The number of halogens is 6. The van der Waals surface area contributed by atoms with Crippen molar-refractivity contribution in [2.24, 2.45) is 0 Å². The second-order valence-corrected chi connectivity index (χ2v) is 6.84. The average molecular weight is 433 g/mol. The fraction of sp³-hybridized carbons (Fsp3) is 0.444. The number of hydrogen-bond acceptors (Lipinski definition) is 5. The van der Waals surface area contributed by atoms with Crippen LogP contribution in [-0.4, -0.2) is 39.1 Å². The third kappa shape index (κ3) is 4.86. The largest absolute Gasteiger partial charge is 0.451 e. The summed E-state index contributed by atoms with van der Waals surface area (Å²) >= 11 is 0. The smallest absolute Gasteiger partial charge is 0.351 e. The highest BCUT2D eigenvalue weighted by Gasteiger charge is 2.35. The molecule has 1 aliphatic rings. The maximum Gasteiger partial charge on any atom is 0.451 e. The first-order valence-corrected chi connectivity index (χ1v) is 8.90. The predicted molar refractivity (Wildman–Crippen MR) is 93.0 cm³/mol. The number of alkyl halides is 6. The van der Waals surface area contributed by atoms with Crippen LogP contribution in [0.4, 0.5) is 26.3 Å². The normalized spacial score (nSPS) is 21.8. The fourth-order valence-corrected chi connectivity index (χ4v) is 3.03. The molecule has 30 heavy (non-hydrogen) atoms. The SMILES string of the molecule is CC1NC(C(=O)NCc2cc(-c3cnc(C(F)(F)F)nc3)ncc2C(F)F)CC1F. The van der Waals surface area contributed by atoms with Gasteiger partial charge in [0.05, 0.1) is 11.7 Å². The molecule has 2 aromatic rings. The Bertz CT molecular complexity index is 895. The summed E-state index contributed by atoms with van der Waals surface area (Å²) in [6.45, 7) is 1.30. The quantitative estimate of drug-likeness (QED) is 0.708. The Morgan fingerprint density at radius 2 is 1.90 bits per heavy atom. The molecule has 3 heterocycles. The van der Waals surface area contributed by atoms with E-state index < -0.39 is 48.2 Å². The third-order valence-electron chi connectivity index (χ3n) is 4.70. The maximum absolute atomic E-state index is 13.6. The van der Waals surface area contributed by atoms with E-state index in [2.05, 4.69) is 25.6 Å². The number of nitrogens with one attached hydrogen (secondary N) is 2. The molecule has 12 heteroatoms. The molecule has 0 bridgehead atoms. The zero-order chi connectivity index (χ0) is 22.1. The van der Waals surface area contributed by atoms with Crippen molar-refractivity contribution < 1.29 is 31.1 Å². The summed E-state index contributed by atoms with van der Waals surface area (Å²) < 4.78 is 78.0. The fourth-order valence-electron chi connectivity index (χ4n) is 3.03. The third-order valence-corrected chi connectivity index (χ3v) is 4.70. The van der Waals surface area contributed by atoms with Crippen LogP contribution in [0.15, 0.2) is 24.7 Å². The molecule has 162 valence electrons. The van der Waals surface area contributed by atoms with Crippen molar-refractivity contribution in [1.82, 2.24) is 25.6 Å². The summed E-state index contributed by atoms with van der Waals surface area (Å²) in [5.74, 6) is -1.88. The first kappa shape index (κ1) is 21.9. The standard InChI is InChI=1S/C18H17F6N5O/c1-8-12(19)3-14(29-8)16(30)26-4-9-2-13(25-7-11(9)15(20)21)10-5-27-17(28-6-10)18(22,23)24/h2,5-8,12,14-15,29H,3-4H2,1H3,(H,26,30). The van der Waals surface area contributed by atoms with E-state index in [1.54, 1.807) is 6.92 Å². The summed E-state index contributed by atoms with van der Waals surface area (Å²) in [5, 5.41) is 5.25. The highest BCUT2D eigenvalue weighted by Crippen LogP contribution is 2.29. The van der Waals surface area contributed by atoms with Gasteiger partial charge in [0.15, 0.2) is 0 Å². The van der Waals surface area contributed by atoms with Crippen LogP contribution in [0.3, 0.4) is 0 Å². The van der Waals surface area contributed by atoms with Crippen molar-refractivity contribution in [2.75, 3.05) is 0 Å². The van der Waals surface area contributed by atoms with E-state index in [1.807, 2.05) is 0 Å². The van der Waals surface area contributed by atoms with Crippen LogP contribution in [0.25, 0.3) is 11.3 Å². The number of hydrogen-bond donors (Lipinski definition) is 2. The number of nitrogens with zero attached hydrogens (tertiary/aromatic N) is 3. The van der Waals surface area contributed by atoms with Crippen molar-refractivity contribution in [3.63, 3.8) is 0 Å². The summed E-state index contributed by atoms with van der Waals surface area (Å²) in [7, 11) is 0. The minimum atomic E-state index is -4.72. The number of amides is 1. The summed E-state index contributed by atoms with van der Waals surface area (Å²) in [5.41, 5.74) is -0.272. The Balaban J connectivity index is 1.79. The lowest BCUT2D eigenvalue weighted by molar-refractivity contribution is -0.145. The number of carbonyl (C=O) groups is 1. The van der Waals surface area contributed by atoms with Crippen molar-refractivity contribution in [3.05, 3.63) is 41.6 Å². The Morgan fingerprint density at radius 1 is 1.23 bits per heavy atom. The molecule has 1 saturated heterocycles. The minimum Gasteiger partial charge on any atom is -0.351 e. The van der Waals surface area contributed by atoms with Crippen LogP contribution in [0.2, 0.25) is 0 Å². The second-order valence-electron chi connectivity index (χ2n) is 6.84. The van der Waals surface area contributed by atoms with Gasteiger partial charge in [-0.05, 0) is 18.6 Å². The summed E-state index contributed by atoms with van der Waals surface area (Å²) in [6.07, 6.45) is -6.18. The van der Waals surface area contributed by atoms with Crippen LogP contribution >= 0.6 is 0 Å². The van der Waals surface area contributed by atoms with Gasteiger partial charge in [0.25, 0.3) is 6.43 Å². The van der Waals surface area contributed by atoms with Crippen molar-refractivity contribution in [2.45, 2.75) is 50.7 Å². The summed E-state index contributed by atoms with van der Waals surface area (Å²) in [6, 6.07) is -0.0599.